The molecule has 0 aliphatic heterocycles. The number of methoxy groups -OCH3 is 1. The Morgan fingerprint density at radius 3 is 2.31 bits per heavy atom. The van der Waals surface area contributed by atoms with Crippen LogP contribution in [0.2, 0.25) is 0 Å². The fourth-order valence-electron chi connectivity index (χ4n) is 1.72. The fraction of sp³-hybridized carbons (Fsp3) is 1.00. The Balaban J connectivity index is 3.61. The number of hydrogen-bond acceptors (Lipinski definition) is 3. The number of ether oxygens (including phenoxy) is 2. The molecule has 1 N–H and O–H groups in total. The molecule has 0 rings (SSSR count). The van der Waals surface area contributed by atoms with E-state index in [9.17, 15) is 0 Å². The lowest BCUT2D eigenvalue weighted by atomic mass is 9.79. The maximum Gasteiger partial charge on any atom is 0.0487 e. The Morgan fingerprint density at radius 1 is 1.12 bits per heavy atom. The summed E-state index contributed by atoms with van der Waals surface area (Å²) in [5.74, 6) is 0.667. The summed E-state index contributed by atoms with van der Waals surface area (Å²) in [4.78, 5) is 0. The highest BCUT2D eigenvalue weighted by Gasteiger charge is 2.23. The van der Waals surface area contributed by atoms with Gasteiger partial charge in [-0.05, 0) is 37.8 Å². The topological polar surface area (TPSA) is 30.5 Å². The van der Waals surface area contributed by atoms with E-state index in [1.807, 2.05) is 7.05 Å². The lowest BCUT2D eigenvalue weighted by molar-refractivity contribution is 0.0794. The molecule has 0 heterocycles. The van der Waals surface area contributed by atoms with Crippen LogP contribution in [-0.2, 0) is 9.47 Å². The van der Waals surface area contributed by atoms with E-state index in [4.69, 9.17) is 9.47 Å². The van der Waals surface area contributed by atoms with Crippen LogP contribution in [0.15, 0.2) is 0 Å². The van der Waals surface area contributed by atoms with Gasteiger partial charge in [0.15, 0.2) is 0 Å². The zero-order valence-corrected chi connectivity index (χ0v) is 11.6. The molecule has 16 heavy (non-hydrogen) atoms. The van der Waals surface area contributed by atoms with Crippen LogP contribution in [0, 0.1) is 11.3 Å². The molecule has 0 aromatic heterocycles. The monoisotopic (exact) mass is 231 g/mol. The molecule has 0 bridgehead atoms. The van der Waals surface area contributed by atoms with Gasteiger partial charge in [-0.2, -0.15) is 0 Å². The molecule has 0 spiro atoms. The van der Waals surface area contributed by atoms with Gasteiger partial charge in [-0.15, -0.1) is 0 Å². The minimum atomic E-state index is 0.346. The zero-order valence-electron chi connectivity index (χ0n) is 11.6. The predicted octanol–water partition coefficient (Wildman–Crippen LogP) is 2.31. The molecule has 0 saturated carbocycles. The number of rotatable bonds is 9. The van der Waals surface area contributed by atoms with Crippen LogP contribution in [0.25, 0.3) is 0 Å². The van der Waals surface area contributed by atoms with Gasteiger partial charge in [0.25, 0.3) is 0 Å². The minimum absolute atomic E-state index is 0.346. The van der Waals surface area contributed by atoms with Crippen LogP contribution in [0.4, 0.5) is 0 Å². The maximum absolute atomic E-state index is 5.60. The van der Waals surface area contributed by atoms with E-state index >= 15 is 0 Å². The second-order valence-corrected chi connectivity index (χ2v) is 5.37. The highest BCUT2D eigenvalue weighted by molar-refractivity contribution is 4.75. The minimum Gasteiger partial charge on any atom is -0.385 e. The second kappa shape index (κ2) is 8.97. The SMILES string of the molecule is CNCC(CCOCCCOC)C(C)(C)C. The quantitative estimate of drug-likeness (QED) is 0.618. The molecule has 1 atom stereocenters. The van der Waals surface area contributed by atoms with E-state index in [1.54, 1.807) is 7.11 Å². The smallest absolute Gasteiger partial charge is 0.0487 e. The molecule has 0 aromatic carbocycles. The van der Waals surface area contributed by atoms with Crippen molar-refractivity contribution >= 4 is 0 Å². The molecule has 3 heteroatoms. The fourth-order valence-corrected chi connectivity index (χ4v) is 1.72. The van der Waals surface area contributed by atoms with Gasteiger partial charge in [0.05, 0.1) is 0 Å². The summed E-state index contributed by atoms with van der Waals surface area (Å²) in [5.41, 5.74) is 0.346. The lowest BCUT2D eigenvalue weighted by Gasteiger charge is -2.30. The average molecular weight is 231 g/mol. The largest absolute Gasteiger partial charge is 0.385 e. The number of hydrogen-bond donors (Lipinski definition) is 1. The van der Waals surface area contributed by atoms with E-state index in [0.29, 0.717) is 11.3 Å². The van der Waals surface area contributed by atoms with Crippen LogP contribution < -0.4 is 5.32 Å². The Labute approximate surface area is 101 Å². The van der Waals surface area contributed by atoms with Gasteiger partial charge in [0.1, 0.15) is 0 Å². The first kappa shape index (κ1) is 15.9. The Bertz CT molecular complexity index is 155. The van der Waals surface area contributed by atoms with E-state index in [-0.39, 0.29) is 0 Å². The predicted molar refractivity (Wildman–Crippen MR) is 68.8 cm³/mol. The normalized spacial score (nSPS) is 14.1. The first-order chi connectivity index (χ1) is 7.52. The van der Waals surface area contributed by atoms with Crippen molar-refractivity contribution < 1.29 is 9.47 Å². The van der Waals surface area contributed by atoms with Crippen LogP contribution in [0.1, 0.15) is 33.6 Å². The zero-order chi connectivity index (χ0) is 12.4. The number of nitrogens with one attached hydrogen (secondary N) is 1. The Morgan fingerprint density at radius 2 is 1.81 bits per heavy atom. The molecule has 0 aliphatic carbocycles. The summed E-state index contributed by atoms with van der Waals surface area (Å²) in [6.45, 7) is 10.4. The molecule has 0 radical (unpaired) electrons. The summed E-state index contributed by atoms with van der Waals surface area (Å²) in [6.07, 6.45) is 2.11. The first-order valence-electron chi connectivity index (χ1n) is 6.23. The summed E-state index contributed by atoms with van der Waals surface area (Å²) in [5, 5.41) is 3.26. The van der Waals surface area contributed by atoms with E-state index in [0.717, 1.165) is 39.2 Å². The summed E-state index contributed by atoms with van der Waals surface area (Å²) >= 11 is 0. The van der Waals surface area contributed by atoms with Crippen molar-refractivity contribution in [2.75, 3.05) is 40.5 Å². The van der Waals surface area contributed by atoms with Crippen LogP contribution in [-0.4, -0.2) is 40.5 Å². The first-order valence-corrected chi connectivity index (χ1v) is 6.23. The van der Waals surface area contributed by atoms with E-state index in [1.165, 1.54) is 0 Å². The maximum atomic E-state index is 5.60. The molecule has 3 nitrogen and oxygen atoms in total. The van der Waals surface area contributed by atoms with Crippen LogP contribution in [0.5, 0.6) is 0 Å². The standard InChI is InChI=1S/C13H29NO2/c1-13(2,3)12(11-14-4)7-10-16-9-6-8-15-5/h12,14H,6-11H2,1-5H3. The third-order valence-electron chi connectivity index (χ3n) is 2.92. The van der Waals surface area contributed by atoms with Gasteiger partial charge in [-0.25, -0.2) is 0 Å². The van der Waals surface area contributed by atoms with E-state index < -0.39 is 0 Å². The molecule has 98 valence electrons. The molecule has 0 saturated heterocycles. The summed E-state index contributed by atoms with van der Waals surface area (Å²) < 4.78 is 10.6. The molecule has 0 amide bonds. The summed E-state index contributed by atoms with van der Waals surface area (Å²) in [7, 11) is 3.74. The highest BCUT2D eigenvalue weighted by atomic mass is 16.5. The molecular formula is C13H29NO2. The van der Waals surface area contributed by atoms with Crippen molar-refractivity contribution in [1.82, 2.24) is 5.32 Å². The van der Waals surface area contributed by atoms with Crippen molar-refractivity contribution in [2.45, 2.75) is 33.6 Å². The van der Waals surface area contributed by atoms with Gasteiger partial charge in [0.2, 0.25) is 0 Å². The molecule has 0 fully saturated rings. The van der Waals surface area contributed by atoms with Crippen LogP contribution >= 0.6 is 0 Å². The Kier molecular flexibility index (Phi) is 8.90. The van der Waals surface area contributed by atoms with E-state index in [2.05, 4.69) is 26.1 Å². The van der Waals surface area contributed by atoms with Crippen molar-refractivity contribution in [3.63, 3.8) is 0 Å². The highest BCUT2D eigenvalue weighted by Crippen LogP contribution is 2.27. The van der Waals surface area contributed by atoms with Gasteiger partial charge in [0, 0.05) is 26.9 Å². The third kappa shape index (κ3) is 8.08. The Hall–Kier alpha value is -0.120. The molecular weight excluding hydrogens is 202 g/mol. The van der Waals surface area contributed by atoms with Gasteiger partial charge < -0.3 is 14.8 Å². The van der Waals surface area contributed by atoms with Crippen molar-refractivity contribution in [3.05, 3.63) is 0 Å². The second-order valence-electron chi connectivity index (χ2n) is 5.37. The van der Waals surface area contributed by atoms with Gasteiger partial charge in [-0.1, -0.05) is 20.8 Å². The van der Waals surface area contributed by atoms with Gasteiger partial charge in [-0.3, -0.25) is 0 Å². The molecule has 0 aliphatic rings. The third-order valence-corrected chi connectivity index (χ3v) is 2.92. The van der Waals surface area contributed by atoms with Crippen LogP contribution in [0.3, 0.4) is 0 Å². The van der Waals surface area contributed by atoms with Crippen molar-refractivity contribution in [2.24, 2.45) is 11.3 Å². The average Bonchev–Trinajstić information content (AvgIpc) is 2.20. The van der Waals surface area contributed by atoms with Crippen molar-refractivity contribution in [3.8, 4) is 0 Å². The van der Waals surface area contributed by atoms with Gasteiger partial charge >= 0.3 is 0 Å². The lowest BCUT2D eigenvalue weighted by Crippen LogP contribution is -2.31. The molecule has 0 aromatic rings. The summed E-state index contributed by atoms with van der Waals surface area (Å²) in [6, 6.07) is 0. The molecule has 1 unspecified atom stereocenters. The van der Waals surface area contributed by atoms with Crippen molar-refractivity contribution in [1.29, 1.82) is 0 Å².